The molecule has 2 nitrogen and oxygen atoms in total. The second-order valence-corrected chi connectivity index (χ2v) is 4.65. The van der Waals surface area contributed by atoms with Crippen LogP contribution in [0.1, 0.15) is 31.2 Å². The molecule has 1 aromatic rings. The highest BCUT2D eigenvalue weighted by Crippen LogP contribution is 2.31. The number of hydrogen-bond acceptors (Lipinski definition) is 2. The molecule has 0 radical (unpaired) electrons. The van der Waals surface area contributed by atoms with Gasteiger partial charge in [0, 0.05) is 6.04 Å². The topological polar surface area (TPSA) is 23.5 Å². The lowest BCUT2D eigenvalue weighted by Gasteiger charge is -2.35. The standard InChI is InChI=1S/C13H19NO/c1-10-8-12(6-7-14(10)2)11-4-3-5-13(15)9-11/h3-5,9-10,12,15H,6-8H2,1-2H3/t10?,12-/m1/s1. The molecule has 0 aromatic heterocycles. The van der Waals surface area contributed by atoms with Gasteiger partial charge in [-0.15, -0.1) is 0 Å². The molecule has 0 bridgehead atoms. The van der Waals surface area contributed by atoms with Crippen molar-refractivity contribution in [3.8, 4) is 5.75 Å². The Morgan fingerprint density at radius 1 is 1.40 bits per heavy atom. The first kappa shape index (κ1) is 10.5. The van der Waals surface area contributed by atoms with Crippen LogP contribution in [0, 0.1) is 0 Å². The van der Waals surface area contributed by atoms with Gasteiger partial charge in [-0.05, 0) is 57.0 Å². The Balaban J connectivity index is 2.12. The highest BCUT2D eigenvalue weighted by atomic mass is 16.3. The van der Waals surface area contributed by atoms with E-state index in [0.29, 0.717) is 17.7 Å². The molecule has 1 saturated heterocycles. The van der Waals surface area contributed by atoms with Crippen LogP contribution in [0.4, 0.5) is 0 Å². The van der Waals surface area contributed by atoms with Crippen molar-refractivity contribution >= 4 is 0 Å². The summed E-state index contributed by atoms with van der Waals surface area (Å²) in [5.41, 5.74) is 1.29. The molecule has 1 aromatic carbocycles. The van der Waals surface area contributed by atoms with Crippen LogP contribution in [-0.2, 0) is 0 Å². The van der Waals surface area contributed by atoms with E-state index in [2.05, 4.69) is 24.9 Å². The van der Waals surface area contributed by atoms with E-state index in [9.17, 15) is 5.11 Å². The predicted octanol–water partition coefficient (Wildman–Crippen LogP) is 2.59. The maximum absolute atomic E-state index is 9.45. The molecule has 2 heteroatoms. The molecule has 0 amide bonds. The van der Waals surface area contributed by atoms with Crippen LogP contribution >= 0.6 is 0 Å². The molecule has 15 heavy (non-hydrogen) atoms. The lowest BCUT2D eigenvalue weighted by molar-refractivity contribution is 0.182. The molecule has 2 atom stereocenters. The van der Waals surface area contributed by atoms with Gasteiger partial charge in [-0.1, -0.05) is 12.1 Å². The van der Waals surface area contributed by atoms with E-state index in [1.165, 1.54) is 18.4 Å². The van der Waals surface area contributed by atoms with Gasteiger partial charge in [0.15, 0.2) is 0 Å². The summed E-state index contributed by atoms with van der Waals surface area (Å²) in [5, 5.41) is 9.45. The number of nitrogens with zero attached hydrogens (tertiary/aromatic N) is 1. The van der Waals surface area contributed by atoms with Crippen LogP contribution in [0.25, 0.3) is 0 Å². The molecule has 1 fully saturated rings. The summed E-state index contributed by atoms with van der Waals surface area (Å²) in [7, 11) is 2.18. The van der Waals surface area contributed by atoms with Crippen molar-refractivity contribution in [2.45, 2.75) is 31.7 Å². The van der Waals surface area contributed by atoms with Gasteiger partial charge in [0.2, 0.25) is 0 Å². The first-order valence-corrected chi connectivity index (χ1v) is 5.66. The summed E-state index contributed by atoms with van der Waals surface area (Å²) in [6, 6.07) is 8.35. The van der Waals surface area contributed by atoms with E-state index in [-0.39, 0.29) is 0 Å². The number of phenols is 1. The van der Waals surface area contributed by atoms with E-state index in [1.54, 1.807) is 6.07 Å². The van der Waals surface area contributed by atoms with Crippen molar-refractivity contribution in [1.82, 2.24) is 4.90 Å². The minimum Gasteiger partial charge on any atom is -0.508 e. The van der Waals surface area contributed by atoms with Crippen LogP contribution in [0.15, 0.2) is 24.3 Å². The number of phenolic OH excluding ortho intramolecular Hbond substituents is 1. The average Bonchev–Trinajstić information content (AvgIpc) is 2.22. The lowest BCUT2D eigenvalue weighted by atomic mass is 9.86. The fraction of sp³-hybridized carbons (Fsp3) is 0.538. The molecule has 82 valence electrons. The molecule has 0 aliphatic carbocycles. The van der Waals surface area contributed by atoms with Crippen LogP contribution < -0.4 is 0 Å². The zero-order chi connectivity index (χ0) is 10.8. The monoisotopic (exact) mass is 205 g/mol. The number of benzene rings is 1. The maximum Gasteiger partial charge on any atom is 0.115 e. The van der Waals surface area contributed by atoms with Crippen LogP contribution in [-0.4, -0.2) is 29.6 Å². The Hall–Kier alpha value is -1.02. The highest BCUT2D eigenvalue weighted by Gasteiger charge is 2.23. The molecule has 0 spiro atoms. The molecule has 1 N–H and O–H groups in total. The molecule has 2 rings (SSSR count). The van der Waals surface area contributed by atoms with Crippen molar-refractivity contribution in [3.05, 3.63) is 29.8 Å². The second kappa shape index (κ2) is 4.23. The minimum absolute atomic E-state index is 0.388. The summed E-state index contributed by atoms with van der Waals surface area (Å²) in [6.45, 7) is 3.43. The first-order valence-electron chi connectivity index (χ1n) is 5.66. The Morgan fingerprint density at radius 3 is 2.87 bits per heavy atom. The van der Waals surface area contributed by atoms with Gasteiger partial charge in [-0.3, -0.25) is 0 Å². The highest BCUT2D eigenvalue weighted by molar-refractivity contribution is 5.30. The normalized spacial score (nSPS) is 27.9. The summed E-state index contributed by atoms with van der Waals surface area (Å²) >= 11 is 0. The molecule has 1 unspecified atom stereocenters. The van der Waals surface area contributed by atoms with Gasteiger partial charge in [0.25, 0.3) is 0 Å². The Morgan fingerprint density at radius 2 is 2.20 bits per heavy atom. The molecular weight excluding hydrogens is 186 g/mol. The third-order valence-corrected chi connectivity index (χ3v) is 3.55. The minimum atomic E-state index is 0.388. The Kier molecular flexibility index (Phi) is 2.96. The molecule has 0 saturated carbocycles. The van der Waals surface area contributed by atoms with Crippen molar-refractivity contribution in [2.24, 2.45) is 0 Å². The zero-order valence-corrected chi connectivity index (χ0v) is 9.48. The van der Waals surface area contributed by atoms with Gasteiger partial charge < -0.3 is 10.0 Å². The van der Waals surface area contributed by atoms with Crippen molar-refractivity contribution in [3.63, 3.8) is 0 Å². The van der Waals surface area contributed by atoms with Crippen LogP contribution in [0.5, 0.6) is 5.75 Å². The second-order valence-electron chi connectivity index (χ2n) is 4.65. The van der Waals surface area contributed by atoms with E-state index in [1.807, 2.05) is 12.1 Å². The molecule has 1 aliphatic rings. The quantitative estimate of drug-likeness (QED) is 0.761. The van der Waals surface area contributed by atoms with E-state index in [0.717, 1.165) is 6.54 Å². The van der Waals surface area contributed by atoms with Gasteiger partial charge in [-0.25, -0.2) is 0 Å². The van der Waals surface area contributed by atoms with E-state index >= 15 is 0 Å². The van der Waals surface area contributed by atoms with Crippen molar-refractivity contribution in [2.75, 3.05) is 13.6 Å². The Labute approximate surface area is 91.5 Å². The van der Waals surface area contributed by atoms with E-state index in [4.69, 9.17) is 0 Å². The van der Waals surface area contributed by atoms with Crippen molar-refractivity contribution < 1.29 is 5.11 Å². The van der Waals surface area contributed by atoms with Gasteiger partial charge >= 0.3 is 0 Å². The number of rotatable bonds is 1. The maximum atomic E-state index is 9.45. The SMILES string of the molecule is CC1C[C@H](c2cccc(O)c2)CCN1C. The van der Waals surface area contributed by atoms with Crippen molar-refractivity contribution in [1.29, 1.82) is 0 Å². The van der Waals surface area contributed by atoms with E-state index < -0.39 is 0 Å². The molecular formula is C13H19NO. The summed E-state index contributed by atoms with van der Waals surface area (Å²) in [5.74, 6) is 1.00. The van der Waals surface area contributed by atoms with Gasteiger partial charge in [0.05, 0.1) is 0 Å². The first-order chi connectivity index (χ1) is 7.16. The third kappa shape index (κ3) is 2.32. The fourth-order valence-corrected chi connectivity index (χ4v) is 2.37. The molecule has 1 heterocycles. The van der Waals surface area contributed by atoms with Crippen LogP contribution in [0.3, 0.4) is 0 Å². The third-order valence-electron chi connectivity index (χ3n) is 3.55. The summed E-state index contributed by atoms with van der Waals surface area (Å²) in [4.78, 5) is 2.40. The summed E-state index contributed by atoms with van der Waals surface area (Å²) < 4.78 is 0. The summed E-state index contributed by atoms with van der Waals surface area (Å²) in [6.07, 6.45) is 2.39. The number of hydrogen-bond donors (Lipinski definition) is 1. The zero-order valence-electron chi connectivity index (χ0n) is 9.48. The lowest BCUT2D eigenvalue weighted by Crippen LogP contribution is -2.36. The number of likely N-dealkylation sites (tertiary alicyclic amines) is 1. The number of aromatic hydroxyl groups is 1. The van der Waals surface area contributed by atoms with Gasteiger partial charge in [0.1, 0.15) is 5.75 Å². The molecule has 1 aliphatic heterocycles. The number of piperidine rings is 1. The smallest absolute Gasteiger partial charge is 0.115 e. The average molecular weight is 205 g/mol. The Bertz CT molecular complexity index is 337. The predicted molar refractivity (Wildman–Crippen MR) is 62.2 cm³/mol. The van der Waals surface area contributed by atoms with Crippen LogP contribution in [0.2, 0.25) is 0 Å². The van der Waals surface area contributed by atoms with Gasteiger partial charge in [-0.2, -0.15) is 0 Å². The fourth-order valence-electron chi connectivity index (χ4n) is 2.37. The largest absolute Gasteiger partial charge is 0.508 e.